The number of amidine groups is 2. The summed E-state index contributed by atoms with van der Waals surface area (Å²) in [7, 11) is 0. The number of nitrogen functional groups attached to an aromatic ring is 2. The first-order chi connectivity index (χ1) is 13.1. The minimum Gasteiger partial charge on any atom is -0.494 e. The van der Waals surface area contributed by atoms with E-state index >= 15 is 0 Å². The molecule has 144 valence electrons. The van der Waals surface area contributed by atoms with Crippen molar-refractivity contribution < 1.29 is 9.47 Å². The average molecular weight is 369 g/mol. The molecule has 2 rings (SSSR count). The van der Waals surface area contributed by atoms with E-state index in [1.165, 1.54) is 0 Å². The smallest absolute Gasteiger partial charge is 0.122 e. The van der Waals surface area contributed by atoms with Crippen LogP contribution in [0.4, 0.5) is 0 Å². The summed E-state index contributed by atoms with van der Waals surface area (Å²) in [5, 5.41) is 18.1. The van der Waals surface area contributed by atoms with Crippen molar-refractivity contribution in [1.82, 2.24) is 5.32 Å². The second-order valence-corrected chi connectivity index (χ2v) is 6.03. The fourth-order valence-electron chi connectivity index (χ4n) is 2.36. The predicted molar refractivity (Wildman–Crippen MR) is 108 cm³/mol. The molecule has 0 radical (unpaired) electrons. The van der Waals surface area contributed by atoms with E-state index in [0.29, 0.717) is 24.3 Å². The fraction of sp³-hybridized carbons (Fsp3) is 0.300. The van der Waals surface area contributed by atoms with Crippen LogP contribution < -0.4 is 26.3 Å². The van der Waals surface area contributed by atoms with Crippen LogP contribution in [0.15, 0.2) is 48.5 Å². The molecular weight excluding hydrogens is 342 g/mol. The maximum absolute atomic E-state index is 7.35. The minimum atomic E-state index is 0.0582. The minimum absolute atomic E-state index is 0.0582. The molecule has 0 fully saturated rings. The second-order valence-electron chi connectivity index (χ2n) is 6.03. The highest BCUT2D eigenvalue weighted by molar-refractivity contribution is 5.95. The van der Waals surface area contributed by atoms with Crippen LogP contribution in [0.2, 0.25) is 0 Å². The van der Waals surface area contributed by atoms with E-state index in [1.807, 2.05) is 24.3 Å². The number of nitrogens with one attached hydrogen (secondary N) is 3. The number of hydrogen-bond acceptors (Lipinski definition) is 5. The number of ether oxygens (including phenoxy) is 2. The zero-order valence-corrected chi connectivity index (χ0v) is 15.3. The highest BCUT2D eigenvalue weighted by Gasteiger charge is 1.99. The van der Waals surface area contributed by atoms with Crippen LogP contribution in [0.5, 0.6) is 11.5 Å². The zero-order chi connectivity index (χ0) is 19.5. The lowest BCUT2D eigenvalue weighted by atomic mass is 10.2. The van der Waals surface area contributed by atoms with Gasteiger partial charge in [-0.05, 0) is 74.5 Å². The van der Waals surface area contributed by atoms with Crippen LogP contribution in [0.3, 0.4) is 0 Å². The van der Waals surface area contributed by atoms with Gasteiger partial charge in [0.15, 0.2) is 0 Å². The molecular formula is C20H27N5O2. The van der Waals surface area contributed by atoms with Gasteiger partial charge in [-0.25, -0.2) is 0 Å². The van der Waals surface area contributed by atoms with Gasteiger partial charge in [0, 0.05) is 11.1 Å². The van der Waals surface area contributed by atoms with Gasteiger partial charge >= 0.3 is 0 Å². The van der Waals surface area contributed by atoms with Gasteiger partial charge in [0.2, 0.25) is 0 Å². The Labute approximate surface area is 159 Å². The van der Waals surface area contributed by atoms with Gasteiger partial charge in [-0.15, -0.1) is 0 Å². The Kier molecular flexibility index (Phi) is 8.12. The average Bonchev–Trinajstić information content (AvgIpc) is 2.67. The van der Waals surface area contributed by atoms with Crippen molar-refractivity contribution in [2.45, 2.75) is 12.8 Å². The summed E-state index contributed by atoms with van der Waals surface area (Å²) in [6.45, 7) is 3.01. The quantitative estimate of drug-likeness (QED) is 0.222. The first-order valence-electron chi connectivity index (χ1n) is 8.91. The van der Waals surface area contributed by atoms with E-state index in [-0.39, 0.29) is 11.7 Å². The zero-order valence-electron chi connectivity index (χ0n) is 15.3. The van der Waals surface area contributed by atoms with Crippen LogP contribution in [-0.4, -0.2) is 38.0 Å². The van der Waals surface area contributed by atoms with Crippen LogP contribution >= 0.6 is 0 Å². The summed E-state index contributed by atoms with van der Waals surface area (Å²) >= 11 is 0. The van der Waals surface area contributed by atoms with Gasteiger partial charge in [0.25, 0.3) is 0 Å². The summed E-state index contributed by atoms with van der Waals surface area (Å²) in [6, 6.07) is 14.4. The Hall–Kier alpha value is -3.06. The van der Waals surface area contributed by atoms with Crippen molar-refractivity contribution in [2.75, 3.05) is 26.3 Å². The molecule has 2 aromatic rings. The van der Waals surface area contributed by atoms with Gasteiger partial charge in [-0.2, -0.15) is 0 Å². The third-order valence-electron chi connectivity index (χ3n) is 3.86. The molecule has 0 amide bonds. The molecule has 7 nitrogen and oxygen atoms in total. The van der Waals surface area contributed by atoms with E-state index in [1.54, 1.807) is 24.3 Å². The largest absolute Gasteiger partial charge is 0.494 e. The lowest BCUT2D eigenvalue weighted by molar-refractivity contribution is 0.298. The summed E-state index contributed by atoms with van der Waals surface area (Å²) in [6.07, 6.45) is 1.81. The van der Waals surface area contributed by atoms with Gasteiger partial charge in [0.1, 0.15) is 23.2 Å². The van der Waals surface area contributed by atoms with Crippen molar-refractivity contribution in [3.05, 3.63) is 59.7 Å². The standard InChI is InChI=1S/C20H27N5O2/c21-19(22)15-3-7-17(8-4-15)26-13-1-11-25-12-2-14-27-18-9-5-16(6-10-18)20(23)24/h3-10,25H,1-2,11-14H2,(H3,21,22)(H3,23,24). The van der Waals surface area contributed by atoms with Gasteiger partial charge in [0.05, 0.1) is 13.2 Å². The molecule has 0 aromatic heterocycles. The number of hydrogen-bond donors (Lipinski definition) is 5. The molecule has 0 saturated heterocycles. The lowest BCUT2D eigenvalue weighted by Gasteiger charge is -2.09. The summed E-state index contributed by atoms with van der Waals surface area (Å²) in [4.78, 5) is 0. The van der Waals surface area contributed by atoms with Gasteiger partial charge < -0.3 is 26.3 Å². The van der Waals surface area contributed by atoms with E-state index in [4.69, 9.17) is 31.8 Å². The van der Waals surface area contributed by atoms with E-state index in [0.717, 1.165) is 37.4 Å². The summed E-state index contributed by atoms with van der Waals surface area (Å²) < 4.78 is 11.3. The number of nitrogens with two attached hydrogens (primary N) is 2. The van der Waals surface area contributed by atoms with Crippen molar-refractivity contribution >= 4 is 11.7 Å². The van der Waals surface area contributed by atoms with E-state index in [9.17, 15) is 0 Å². The van der Waals surface area contributed by atoms with Crippen molar-refractivity contribution in [3.63, 3.8) is 0 Å². The highest BCUT2D eigenvalue weighted by Crippen LogP contribution is 2.12. The van der Waals surface area contributed by atoms with Crippen LogP contribution in [-0.2, 0) is 0 Å². The molecule has 0 spiro atoms. The van der Waals surface area contributed by atoms with Gasteiger partial charge in [-0.1, -0.05) is 0 Å². The highest BCUT2D eigenvalue weighted by atomic mass is 16.5. The van der Waals surface area contributed by atoms with E-state index in [2.05, 4.69) is 5.32 Å². The normalized spacial score (nSPS) is 10.4. The molecule has 0 saturated carbocycles. The third-order valence-corrected chi connectivity index (χ3v) is 3.86. The Balaban J connectivity index is 1.48. The van der Waals surface area contributed by atoms with Crippen molar-refractivity contribution in [2.24, 2.45) is 11.5 Å². The van der Waals surface area contributed by atoms with Crippen molar-refractivity contribution in [3.8, 4) is 11.5 Å². The third kappa shape index (κ3) is 7.37. The molecule has 0 aliphatic rings. The topological polar surface area (TPSA) is 130 Å². The van der Waals surface area contributed by atoms with Crippen molar-refractivity contribution in [1.29, 1.82) is 10.8 Å². The second kappa shape index (κ2) is 10.8. The molecule has 0 aliphatic heterocycles. The Morgan fingerprint density at radius 3 is 1.41 bits per heavy atom. The first-order valence-corrected chi connectivity index (χ1v) is 8.91. The molecule has 0 heterocycles. The summed E-state index contributed by atoms with van der Waals surface area (Å²) in [5.41, 5.74) is 12.2. The first kappa shape index (κ1) is 20.3. The molecule has 0 unspecified atom stereocenters. The molecule has 7 N–H and O–H groups in total. The van der Waals surface area contributed by atoms with Gasteiger partial charge in [-0.3, -0.25) is 10.8 Å². The monoisotopic (exact) mass is 369 g/mol. The fourth-order valence-corrected chi connectivity index (χ4v) is 2.36. The number of benzene rings is 2. The molecule has 27 heavy (non-hydrogen) atoms. The Morgan fingerprint density at radius 2 is 1.07 bits per heavy atom. The number of rotatable bonds is 12. The van der Waals surface area contributed by atoms with Crippen LogP contribution in [0.1, 0.15) is 24.0 Å². The molecule has 0 aliphatic carbocycles. The predicted octanol–water partition coefficient (Wildman–Crippen LogP) is 2.08. The van der Waals surface area contributed by atoms with E-state index < -0.39 is 0 Å². The molecule has 0 bridgehead atoms. The summed E-state index contributed by atoms with van der Waals surface area (Å²) in [5.74, 6) is 1.68. The maximum atomic E-state index is 7.35. The molecule has 0 atom stereocenters. The molecule has 7 heteroatoms. The SMILES string of the molecule is N=C(N)c1ccc(OCCCNCCCOc2ccc(C(=N)N)cc2)cc1. The maximum Gasteiger partial charge on any atom is 0.122 e. The molecule has 2 aromatic carbocycles. The Bertz CT molecular complexity index is 666. The lowest BCUT2D eigenvalue weighted by Crippen LogP contribution is -2.20. The Morgan fingerprint density at radius 1 is 0.704 bits per heavy atom. The van der Waals surface area contributed by atoms with Crippen LogP contribution in [0, 0.1) is 10.8 Å². The van der Waals surface area contributed by atoms with Crippen LogP contribution in [0.25, 0.3) is 0 Å².